The van der Waals surface area contributed by atoms with Gasteiger partial charge in [-0.15, -0.1) is 0 Å². The minimum absolute atomic E-state index is 0.415. The third kappa shape index (κ3) is 3.47. The Morgan fingerprint density at radius 3 is 2.71 bits per heavy atom. The predicted octanol–water partition coefficient (Wildman–Crippen LogP) is 3.91. The average molecular weight is 353 g/mol. The van der Waals surface area contributed by atoms with Crippen molar-refractivity contribution >= 4 is 15.9 Å². The number of rotatable bonds is 5. The van der Waals surface area contributed by atoms with Crippen LogP contribution in [0.25, 0.3) is 0 Å². The van der Waals surface area contributed by atoms with Crippen LogP contribution in [0.4, 0.5) is 0 Å². The first-order valence-corrected chi connectivity index (χ1v) is 7.86. The van der Waals surface area contributed by atoms with Crippen LogP contribution in [0.5, 0.6) is 5.75 Å². The summed E-state index contributed by atoms with van der Waals surface area (Å²) in [5, 5.41) is 14.3. The van der Waals surface area contributed by atoms with E-state index in [-0.39, 0.29) is 0 Å². The number of aryl methyl sites for hydroxylation is 3. The Balaban J connectivity index is 2.26. The molecule has 0 fully saturated rings. The van der Waals surface area contributed by atoms with Crippen molar-refractivity contribution in [2.75, 3.05) is 0 Å². The summed E-state index contributed by atoms with van der Waals surface area (Å²) < 4.78 is 8.86. The lowest BCUT2D eigenvalue weighted by atomic mass is 10.1. The molecule has 0 aliphatic rings. The Kier molecular flexibility index (Phi) is 5.06. The topological polar surface area (TPSA) is 47.3 Å². The van der Waals surface area contributed by atoms with Gasteiger partial charge in [0.15, 0.2) is 0 Å². The lowest BCUT2D eigenvalue weighted by Gasteiger charge is -2.15. The number of hydrogen-bond donors (Lipinski definition) is 1. The molecule has 2 aromatic rings. The standard InChI is InChI=1S/C16H21BrN2O2/c1-5-19-14(16(17)11(3)18-19)9-21-15-8-10(2)6-7-13(15)12(4)20/h6-8,12,20H,5,9H2,1-4H3. The number of halogens is 1. The van der Waals surface area contributed by atoms with Gasteiger partial charge in [0, 0.05) is 12.1 Å². The lowest BCUT2D eigenvalue weighted by molar-refractivity contribution is 0.189. The summed E-state index contributed by atoms with van der Waals surface area (Å²) in [5.41, 5.74) is 3.87. The Morgan fingerprint density at radius 2 is 2.10 bits per heavy atom. The molecular formula is C16H21BrN2O2. The molecule has 1 unspecified atom stereocenters. The van der Waals surface area contributed by atoms with Crippen LogP contribution in [-0.4, -0.2) is 14.9 Å². The lowest BCUT2D eigenvalue weighted by Crippen LogP contribution is -2.08. The first-order valence-electron chi connectivity index (χ1n) is 7.07. The maximum atomic E-state index is 9.85. The SMILES string of the molecule is CCn1nc(C)c(Br)c1COc1cc(C)ccc1C(C)O. The van der Waals surface area contributed by atoms with E-state index in [1.165, 1.54) is 0 Å². The minimum Gasteiger partial charge on any atom is -0.487 e. The van der Waals surface area contributed by atoms with Crippen LogP contribution in [0.2, 0.25) is 0 Å². The van der Waals surface area contributed by atoms with Gasteiger partial charge in [-0.1, -0.05) is 12.1 Å². The van der Waals surface area contributed by atoms with E-state index < -0.39 is 6.10 Å². The molecule has 0 radical (unpaired) electrons. The van der Waals surface area contributed by atoms with Crippen molar-refractivity contribution in [2.24, 2.45) is 0 Å². The summed E-state index contributed by atoms with van der Waals surface area (Å²) in [6.45, 7) is 8.98. The van der Waals surface area contributed by atoms with Crippen molar-refractivity contribution < 1.29 is 9.84 Å². The van der Waals surface area contributed by atoms with Gasteiger partial charge >= 0.3 is 0 Å². The van der Waals surface area contributed by atoms with Gasteiger partial charge in [-0.3, -0.25) is 4.68 Å². The summed E-state index contributed by atoms with van der Waals surface area (Å²) in [7, 11) is 0. The van der Waals surface area contributed by atoms with Crippen LogP contribution in [0.1, 0.15) is 42.5 Å². The molecule has 0 saturated heterocycles. The summed E-state index contributed by atoms with van der Waals surface area (Å²) in [6, 6.07) is 5.84. The second-order valence-corrected chi connectivity index (χ2v) is 5.96. The van der Waals surface area contributed by atoms with Crippen LogP contribution < -0.4 is 4.74 Å². The first-order chi connectivity index (χ1) is 9.93. The van der Waals surface area contributed by atoms with Crippen LogP contribution >= 0.6 is 15.9 Å². The van der Waals surface area contributed by atoms with Crippen molar-refractivity contribution in [3.8, 4) is 5.75 Å². The summed E-state index contributed by atoms with van der Waals surface area (Å²) in [4.78, 5) is 0. The Bertz CT molecular complexity index is 635. The summed E-state index contributed by atoms with van der Waals surface area (Å²) >= 11 is 3.56. The fraction of sp³-hybridized carbons (Fsp3) is 0.438. The summed E-state index contributed by atoms with van der Waals surface area (Å²) in [5.74, 6) is 0.721. The number of aliphatic hydroxyl groups is 1. The molecule has 1 N–H and O–H groups in total. The number of aromatic nitrogens is 2. The van der Waals surface area contributed by atoms with Gasteiger partial charge in [-0.05, 0) is 55.3 Å². The van der Waals surface area contributed by atoms with E-state index in [0.717, 1.165) is 39.3 Å². The van der Waals surface area contributed by atoms with E-state index in [2.05, 4.69) is 28.0 Å². The van der Waals surface area contributed by atoms with E-state index in [1.54, 1.807) is 6.92 Å². The Hall–Kier alpha value is -1.33. The number of hydrogen-bond acceptors (Lipinski definition) is 3. The van der Waals surface area contributed by atoms with Crippen molar-refractivity contribution in [2.45, 2.75) is 47.0 Å². The second kappa shape index (κ2) is 6.62. The number of aliphatic hydroxyl groups excluding tert-OH is 1. The number of ether oxygens (including phenoxy) is 1. The van der Waals surface area contributed by atoms with Crippen molar-refractivity contribution in [1.29, 1.82) is 0 Å². The molecule has 114 valence electrons. The second-order valence-electron chi connectivity index (χ2n) is 5.17. The monoisotopic (exact) mass is 352 g/mol. The van der Waals surface area contributed by atoms with Crippen molar-refractivity contribution in [3.05, 3.63) is 45.2 Å². The average Bonchev–Trinajstić information content (AvgIpc) is 2.71. The van der Waals surface area contributed by atoms with Gasteiger partial charge in [-0.25, -0.2) is 0 Å². The largest absolute Gasteiger partial charge is 0.487 e. The van der Waals surface area contributed by atoms with Gasteiger partial charge in [0.25, 0.3) is 0 Å². The molecule has 1 aromatic heterocycles. The molecule has 0 amide bonds. The highest BCUT2D eigenvalue weighted by atomic mass is 79.9. The van der Waals surface area contributed by atoms with E-state index in [0.29, 0.717) is 6.61 Å². The van der Waals surface area contributed by atoms with Gasteiger partial charge in [-0.2, -0.15) is 5.10 Å². The van der Waals surface area contributed by atoms with Gasteiger partial charge in [0.2, 0.25) is 0 Å². The smallest absolute Gasteiger partial charge is 0.131 e. The number of benzene rings is 1. The molecular weight excluding hydrogens is 332 g/mol. The highest BCUT2D eigenvalue weighted by Crippen LogP contribution is 2.28. The van der Waals surface area contributed by atoms with Crippen molar-refractivity contribution in [3.63, 3.8) is 0 Å². The fourth-order valence-electron chi connectivity index (χ4n) is 2.26. The quantitative estimate of drug-likeness (QED) is 0.887. The predicted molar refractivity (Wildman–Crippen MR) is 86.5 cm³/mol. The van der Waals surface area contributed by atoms with Crippen LogP contribution in [0, 0.1) is 13.8 Å². The zero-order chi connectivity index (χ0) is 15.6. The maximum absolute atomic E-state index is 9.85. The van der Waals surface area contributed by atoms with Crippen LogP contribution in [0.15, 0.2) is 22.7 Å². The van der Waals surface area contributed by atoms with E-state index in [4.69, 9.17) is 4.74 Å². The fourth-order valence-corrected chi connectivity index (χ4v) is 2.66. The third-order valence-corrected chi connectivity index (χ3v) is 4.47. The van der Waals surface area contributed by atoms with Gasteiger partial charge < -0.3 is 9.84 Å². The molecule has 5 heteroatoms. The molecule has 0 saturated carbocycles. The molecule has 1 heterocycles. The number of nitrogens with zero attached hydrogens (tertiary/aromatic N) is 2. The normalized spacial score (nSPS) is 12.5. The summed E-state index contributed by atoms with van der Waals surface area (Å²) in [6.07, 6.45) is -0.554. The molecule has 1 atom stereocenters. The van der Waals surface area contributed by atoms with Gasteiger partial charge in [0.05, 0.1) is 22.0 Å². The highest BCUT2D eigenvalue weighted by Gasteiger charge is 2.15. The molecule has 0 aliphatic heterocycles. The minimum atomic E-state index is -0.554. The Labute approximate surface area is 133 Å². The van der Waals surface area contributed by atoms with Crippen LogP contribution in [0.3, 0.4) is 0 Å². The molecule has 4 nitrogen and oxygen atoms in total. The molecule has 21 heavy (non-hydrogen) atoms. The molecule has 1 aromatic carbocycles. The third-order valence-electron chi connectivity index (χ3n) is 3.44. The van der Waals surface area contributed by atoms with Crippen LogP contribution in [-0.2, 0) is 13.2 Å². The first kappa shape index (κ1) is 16.0. The zero-order valence-corrected chi connectivity index (χ0v) is 14.4. The molecule has 0 aliphatic carbocycles. The Morgan fingerprint density at radius 1 is 1.38 bits per heavy atom. The van der Waals surface area contributed by atoms with Crippen molar-refractivity contribution in [1.82, 2.24) is 9.78 Å². The molecule has 0 spiro atoms. The zero-order valence-electron chi connectivity index (χ0n) is 12.9. The maximum Gasteiger partial charge on any atom is 0.131 e. The van der Waals surface area contributed by atoms with E-state index in [9.17, 15) is 5.11 Å². The van der Waals surface area contributed by atoms with Gasteiger partial charge in [0.1, 0.15) is 12.4 Å². The van der Waals surface area contributed by atoms with E-state index >= 15 is 0 Å². The molecule has 2 rings (SSSR count). The molecule has 0 bridgehead atoms. The highest BCUT2D eigenvalue weighted by molar-refractivity contribution is 9.10. The van der Waals surface area contributed by atoms with E-state index in [1.807, 2.05) is 36.7 Å².